The third-order valence-electron chi connectivity index (χ3n) is 5.34. The van der Waals surface area contributed by atoms with Crippen molar-refractivity contribution in [3.05, 3.63) is 40.0 Å². The molecule has 152 valence electrons. The van der Waals surface area contributed by atoms with E-state index in [0.29, 0.717) is 24.6 Å². The summed E-state index contributed by atoms with van der Waals surface area (Å²) in [4.78, 5) is 25.6. The maximum Gasteiger partial charge on any atom is 0.224 e. The van der Waals surface area contributed by atoms with E-state index in [2.05, 4.69) is 42.7 Å². The molecule has 0 aliphatic heterocycles. The summed E-state index contributed by atoms with van der Waals surface area (Å²) >= 11 is 0. The molecule has 0 unspecified atom stereocenters. The highest BCUT2D eigenvalue weighted by Crippen LogP contribution is 2.39. The Morgan fingerprint density at radius 2 is 2.04 bits per heavy atom. The van der Waals surface area contributed by atoms with E-state index in [9.17, 15) is 9.59 Å². The lowest BCUT2D eigenvalue weighted by Gasteiger charge is -2.30. The van der Waals surface area contributed by atoms with Crippen LogP contribution >= 0.6 is 0 Å². The van der Waals surface area contributed by atoms with E-state index in [1.54, 1.807) is 6.07 Å². The number of rotatable bonds is 6. The van der Waals surface area contributed by atoms with E-state index in [-0.39, 0.29) is 23.5 Å². The molecular weight excluding hydrogens is 354 g/mol. The summed E-state index contributed by atoms with van der Waals surface area (Å²) in [6.07, 6.45) is 1.59. The smallest absolute Gasteiger partial charge is 0.224 e. The largest absolute Gasteiger partial charge is 0.359 e. The summed E-state index contributed by atoms with van der Waals surface area (Å²) in [5, 5.41) is 6.71. The second-order valence-corrected chi connectivity index (χ2v) is 9.22. The zero-order valence-corrected chi connectivity index (χ0v) is 17.8. The molecule has 0 bridgehead atoms. The van der Waals surface area contributed by atoms with Crippen molar-refractivity contribution >= 4 is 11.7 Å². The van der Waals surface area contributed by atoms with Gasteiger partial charge in [-0.1, -0.05) is 32.9 Å². The summed E-state index contributed by atoms with van der Waals surface area (Å²) in [6, 6.07) is 1.80. The van der Waals surface area contributed by atoms with Crippen molar-refractivity contribution in [3.8, 4) is 0 Å². The topological polar surface area (TPSA) is 77.1 Å². The molecule has 2 heterocycles. The van der Waals surface area contributed by atoms with E-state index in [1.807, 2.05) is 13.8 Å². The lowest BCUT2D eigenvalue weighted by Crippen LogP contribution is -2.29. The summed E-state index contributed by atoms with van der Waals surface area (Å²) in [5.74, 6) is 1.14. The van der Waals surface area contributed by atoms with Crippen molar-refractivity contribution in [1.82, 2.24) is 15.0 Å². The first kappa shape index (κ1) is 20.4. The van der Waals surface area contributed by atoms with E-state index in [1.165, 1.54) is 0 Å². The number of nitrogens with one attached hydrogen (secondary N) is 1. The number of amides is 1. The van der Waals surface area contributed by atoms with Crippen LogP contribution in [0.4, 0.5) is 0 Å². The molecule has 1 aliphatic carbocycles. The molecule has 0 saturated carbocycles. The predicted molar refractivity (Wildman–Crippen MR) is 107 cm³/mol. The summed E-state index contributed by atoms with van der Waals surface area (Å²) < 4.78 is 7.41. The van der Waals surface area contributed by atoms with E-state index in [4.69, 9.17) is 4.52 Å². The average Bonchev–Trinajstić information content (AvgIpc) is 3.09. The minimum absolute atomic E-state index is 0.0483. The number of carbonyl (C=O) groups is 2. The highest BCUT2D eigenvalue weighted by atomic mass is 16.5. The third kappa shape index (κ3) is 4.21. The molecule has 0 fully saturated rings. The Morgan fingerprint density at radius 3 is 2.64 bits per heavy atom. The van der Waals surface area contributed by atoms with Crippen LogP contribution in [0.3, 0.4) is 0 Å². The second kappa shape index (κ2) is 7.57. The number of hydrogen-bond acceptors (Lipinski definition) is 4. The van der Waals surface area contributed by atoms with Crippen LogP contribution < -0.4 is 5.32 Å². The van der Waals surface area contributed by atoms with E-state index in [0.717, 1.165) is 41.2 Å². The lowest BCUT2D eigenvalue weighted by molar-refractivity contribution is -0.120. The number of carbonyl (C=O) groups excluding carboxylic acids is 2. The Labute approximate surface area is 166 Å². The molecule has 28 heavy (non-hydrogen) atoms. The average molecular weight is 386 g/mol. The van der Waals surface area contributed by atoms with Crippen LogP contribution in [0.1, 0.15) is 72.9 Å². The molecule has 1 aliphatic rings. The van der Waals surface area contributed by atoms with Gasteiger partial charge in [-0.15, -0.1) is 0 Å². The van der Waals surface area contributed by atoms with Crippen LogP contribution in [0, 0.1) is 25.2 Å². The van der Waals surface area contributed by atoms with Gasteiger partial charge in [0.25, 0.3) is 0 Å². The van der Waals surface area contributed by atoms with Crippen LogP contribution in [-0.2, 0) is 30.7 Å². The van der Waals surface area contributed by atoms with Crippen LogP contribution in [0.15, 0.2) is 10.6 Å². The van der Waals surface area contributed by atoms with Gasteiger partial charge in [-0.05, 0) is 37.2 Å². The number of aromatic nitrogens is 2. The first-order valence-corrected chi connectivity index (χ1v) is 10.0. The van der Waals surface area contributed by atoms with Crippen molar-refractivity contribution in [2.75, 3.05) is 0 Å². The maximum absolute atomic E-state index is 13.0. The SMILES string of the molecule is Cc1cc(CNC(=O)Cc2c3c(n(CC(C)C)c2C)CC(C)(C)CC3=O)on1. The van der Waals surface area contributed by atoms with Gasteiger partial charge in [0.05, 0.1) is 18.7 Å². The normalized spacial score (nSPS) is 15.8. The first-order chi connectivity index (χ1) is 13.1. The highest BCUT2D eigenvalue weighted by molar-refractivity contribution is 6.01. The molecule has 0 aromatic carbocycles. The van der Waals surface area contributed by atoms with Crippen LogP contribution in [-0.4, -0.2) is 21.4 Å². The third-order valence-corrected chi connectivity index (χ3v) is 5.34. The Kier molecular flexibility index (Phi) is 5.50. The Morgan fingerprint density at radius 1 is 1.32 bits per heavy atom. The van der Waals surface area contributed by atoms with Gasteiger partial charge in [0.15, 0.2) is 11.5 Å². The molecule has 6 nitrogen and oxygen atoms in total. The van der Waals surface area contributed by atoms with Crippen molar-refractivity contribution in [1.29, 1.82) is 0 Å². The van der Waals surface area contributed by atoms with Gasteiger partial charge >= 0.3 is 0 Å². The number of aryl methyl sites for hydroxylation is 1. The molecule has 1 N–H and O–H groups in total. The molecule has 0 saturated heterocycles. The summed E-state index contributed by atoms with van der Waals surface area (Å²) in [6.45, 7) is 13.7. The van der Waals surface area contributed by atoms with Gasteiger partial charge in [0.1, 0.15) is 0 Å². The van der Waals surface area contributed by atoms with Gasteiger partial charge in [0.2, 0.25) is 5.91 Å². The first-order valence-electron chi connectivity index (χ1n) is 10.0. The van der Waals surface area contributed by atoms with Crippen molar-refractivity contribution in [2.45, 2.75) is 73.9 Å². The lowest BCUT2D eigenvalue weighted by atomic mass is 9.75. The molecule has 0 radical (unpaired) electrons. The molecule has 2 aromatic rings. The van der Waals surface area contributed by atoms with Gasteiger partial charge in [-0.25, -0.2) is 0 Å². The van der Waals surface area contributed by atoms with Crippen molar-refractivity contribution in [3.63, 3.8) is 0 Å². The number of nitrogens with zero attached hydrogens (tertiary/aromatic N) is 2. The molecule has 0 atom stereocenters. The molecule has 3 rings (SSSR count). The fourth-order valence-electron chi connectivity index (χ4n) is 4.14. The van der Waals surface area contributed by atoms with Crippen molar-refractivity contribution in [2.24, 2.45) is 11.3 Å². The zero-order chi connectivity index (χ0) is 20.6. The molecular formula is C22H31N3O3. The fourth-order valence-corrected chi connectivity index (χ4v) is 4.14. The van der Waals surface area contributed by atoms with E-state index < -0.39 is 0 Å². The maximum atomic E-state index is 13.0. The van der Waals surface area contributed by atoms with Gasteiger partial charge in [-0.2, -0.15) is 0 Å². The summed E-state index contributed by atoms with van der Waals surface area (Å²) in [7, 11) is 0. The molecule has 6 heteroatoms. The van der Waals surface area contributed by atoms with E-state index >= 15 is 0 Å². The summed E-state index contributed by atoms with van der Waals surface area (Å²) in [5.41, 5.74) is 4.53. The van der Waals surface area contributed by atoms with Gasteiger partial charge < -0.3 is 14.4 Å². The predicted octanol–water partition coefficient (Wildman–Crippen LogP) is 3.76. The number of fused-ring (bicyclic) bond motifs is 1. The van der Waals surface area contributed by atoms with Crippen LogP contribution in [0.25, 0.3) is 0 Å². The fraction of sp³-hybridized carbons (Fsp3) is 0.591. The molecule has 0 spiro atoms. The van der Waals surface area contributed by atoms with Gasteiger partial charge in [0, 0.05) is 36.0 Å². The minimum Gasteiger partial charge on any atom is -0.359 e. The highest BCUT2D eigenvalue weighted by Gasteiger charge is 2.37. The number of Topliss-reactive ketones (excluding diaryl/α,β-unsaturated/α-hetero) is 1. The number of hydrogen-bond donors (Lipinski definition) is 1. The van der Waals surface area contributed by atoms with Crippen molar-refractivity contribution < 1.29 is 14.1 Å². The number of ketones is 1. The minimum atomic E-state index is -0.112. The van der Waals surface area contributed by atoms with Crippen LogP contribution in [0.5, 0.6) is 0 Å². The Hall–Kier alpha value is -2.37. The quantitative estimate of drug-likeness (QED) is 0.821. The molecule has 1 amide bonds. The standard InChI is InChI=1S/C22H31N3O3/c1-13(2)12-25-15(4)17(21-18(25)9-22(5,6)10-19(21)26)8-20(27)23-11-16-7-14(3)24-28-16/h7,13H,8-12H2,1-6H3,(H,23,27). The zero-order valence-electron chi connectivity index (χ0n) is 17.8. The van der Waals surface area contributed by atoms with Crippen LogP contribution in [0.2, 0.25) is 0 Å². The second-order valence-electron chi connectivity index (χ2n) is 9.22. The van der Waals surface area contributed by atoms with Gasteiger partial charge in [-0.3, -0.25) is 9.59 Å². The Bertz CT molecular complexity index is 903. The molecule has 2 aromatic heterocycles. The Balaban J connectivity index is 1.87. The monoisotopic (exact) mass is 385 g/mol.